The second kappa shape index (κ2) is 9.62. The van der Waals surface area contributed by atoms with Crippen molar-refractivity contribution in [1.29, 1.82) is 0 Å². The number of rotatable bonds is 8. The first-order valence-electron chi connectivity index (χ1n) is 8.69. The van der Waals surface area contributed by atoms with Crippen molar-refractivity contribution >= 4 is 11.9 Å². The Bertz CT molecular complexity index is 786. The average molecular weight is 371 g/mol. The van der Waals surface area contributed by atoms with Crippen LogP contribution in [0, 0.1) is 13.8 Å². The normalized spacial score (nSPS) is 11.4. The number of methoxy groups -OCH3 is 1. The van der Waals surface area contributed by atoms with Gasteiger partial charge in [-0.3, -0.25) is 4.79 Å². The Morgan fingerprint density at radius 2 is 1.67 bits per heavy atom. The fourth-order valence-electron chi connectivity index (χ4n) is 2.35. The third kappa shape index (κ3) is 6.33. The van der Waals surface area contributed by atoms with E-state index in [1.807, 2.05) is 50.2 Å². The van der Waals surface area contributed by atoms with Crippen molar-refractivity contribution < 1.29 is 23.8 Å². The van der Waals surface area contributed by atoms with Crippen LogP contribution in [-0.4, -0.2) is 31.7 Å². The third-order valence-corrected chi connectivity index (χ3v) is 3.93. The van der Waals surface area contributed by atoms with Crippen LogP contribution in [0.3, 0.4) is 0 Å². The average Bonchev–Trinajstić information content (AvgIpc) is 2.66. The highest BCUT2D eigenvalue weighted by Crippen LogP contribution is 2.27. The lowest BCUT2D eigenvalue weighted by Gasteiger charge is -2.15. The molecule has 0 aliphatic carbocycles. The molecule has 6 heteroatoms. The molecular formula is C21H25NO5. The van der Waals surface area contributed by atoms with Gasteiger partial charge in [-0.15, -0.1) is 0 Å². The number of hydrogen-bond acceptors (Lipinski definition) is 5. The number of esters is 1. The van der Waals surface area contributed by atoms with Gasteiger partial charge in [0, 0.05) is 6.54 Å². The van der Waals surface area contributed by atoms with Crippen molar-refractivity contribution in [2.45, 2.75) is 33.4 Å². The summed E-state index contributed by atoms with van der Waals surface area (Å²) in [6.45, 7) is 5.51. The summed E-state index contributed by atoms with van der Waals surface area (Å²) < 4.78 is 15.8. The number of carbonyl (C=O) groups excluding carboxylic acids is 2. The maximum atomic E-state index is 12.1. The Balaban J connectivity index is 1.79. The van der Waals surface area contributed by atoms with Crippen LogP contribution in [0.2, 0.25) is 0 Å². The number of ether oxygens (including phenoxy) is 3. The van der Waals surface area contributed by atoms with Crippen LogP contribution in [0.15, 0.2) is 42.5 Å². The monoisotopic (exact) mass is 371 g/mol. The molecule has 0 saturated heterocycles. The number of amides is 1. The predicted molar refractivity (Wildman–Crippen MR) is 102 cm³/mol. The van der Waals surface area contributed by atoms with E-state index in [2.05, 4.69) is 5.32 Å². The Morgan fingerprint density at radius 3 is 2.33 bits per heavy atom. The summed E-state index contributed by atoms with van der Waals surface area (Å²) >= 11 is 0. The van der Waals surface area contributed by atoms with E-state index >= 15 is 0 Å². The first kappa shape index (κ1) is 20.3. The van der Waals surface area contributed by atoms with Gasteiger partial charge in [0.15, 0.2) is 24.2 Å². The van der Waals surface area contributed by atoms with Crippen molar-refractivity contribution in [3.63, 3.8) is 0 Å². The second-order valence-corrected chi connectivity index (χ2v) is 6.28. The highest BCUT2D eigenvalue weighted by molar-refractivity contribution is 5.83. The van der Waals surface area contributed by atoms with E-state index in [4.69, 9.17) is 14.2 Å². The largest absolute Gasteiger partial charge is 0.493 e. The maximum absolute atomic E-state index is 12.1. The van der Waals surface area contributed by atoms with Crippen LogP contribution in [0.25, 0.3) is 0 Å². The van der Waals surface area contributed by atoms with Gasteiger partial charge >= 0.3 is 5.97 Å². The topological polar surface area (TPSA) is 73.9 Å². The molecule has 0 heterocycles. The van der Waals surface area contributed by atoms with Gasteiger partial charge in [0.2, 0.25) is 0 Å². The summed E-state index contributed by atoms with van der Waals surface area (Å²) in [5.74, 6) is -0.0179. The van der Waals surface area contributed by atoms with Gasteiger partial charge in [0.25, 0.3) is 5.91 Å². The van der Waals surface area contributed by atoms with Gasteiger partial charge in [-0.2, -0.15) is 0 Å². The van der Waals surface area contributed by atoms with Crippen molar-refractivity contribution in [3.05, 3.63) is 59.2 Å². The highest BCUT2D eigenvalue weighted by atomic mass is 16.6. The van der Waals surface area contributed by atoms with Gasteiger partial charge in [-0.25, -0.2) is 4.79 Å². The van der Waals surface area contributed by atoms with Crippen molar-refractivity contribution in [3.8, 4) is 11.5 Å². The Labute approximate surface area is 159 Å². The van der Waals surface area contributed by atoms with E-state index in [0.29, 0.717) is 18.0 Å². The minimum absolute atomic E-state index is 0.311. The molecule has 6 nitrogen and oxygen atoms in total. The molecule has 0 aliphatic rings. The molecule has 2 aromatic carbocycles. The van der Waals surface area contributed by atoms with Crippen LogP contribution < -0.4 is 14.8 Å². The van der Waals surface area contributed by atoms with Crippen molar-refractivity contribution in [2.24, 2.45) is 0 Å². The van der Waals surface area contributed by atoms with E-state index in [0.717, 1.165) is 16.7 Å². The summed E-state index contributed by atoms with van der Waals surface area (Å²) in [5, 5.41) is 2.74. The minimum Gasteiger partial charge on any atom is -0.493 e. The number of benzene rings is 2. The molecule has 27 heavy (non-hydrogen) atoms. The molecule has 0 aliphatic heterocycles. The molecule has 1 unspecified atom stereocenters. The van der Waals surface area contributed by atoms with E-state index in [-0.39, 0.29) is 12.5 Å². The van der Waals surface area contributed by atoms with Crippen LogP contribution in [0.1, 0.15) is 23.6 Å². The lowest BCUT2D eigenvalue weighted by atomic mass is 10.1. The molecule has 2 aromatic rings. The second-order valence-electron chi connectivity index (χ2n) is 6.28. The quantitative estimate of drug-likeness (QED) is 0.722. The smallest absolute Gasteiger partial charge is 0.344 e. The molecule has 2 rings (SSSR count). The molecule has 0 aromatic heterocycles. The van der Waals surface area contributed by atoms with Crippen molar-refractivity contribution in [2.75, 3.05) is 13.7 Å². The molecule has 0 saturated carbocycles. The van der Waals surface area contributed by atoms with Gasteiger partial charge in [-0.1, -0.05) is 35.9 Å². The number of aryl methyl sites for hydroxylation is 2. The zero-order valence-corrected chi connectivity index (χ0v) is 16.1. The van der Waals surface area contributed by atoms with Crippen LogP contribution >= 0.6 is 0 Å². The molecule has 0 radical (unpaired) electrons. The van der Waals surface area contributed by atoms with Gasteiger partial charge < -0.3 is 19.5 Å². The van der Waals surface area contributed by atoms with Crippen molar-refractivity contribution in [1.82, 2.24) is 5.32 Å². The SMILES string of the molecule is COc1cc(C)ccc1OCC(=O)OC(C)C(=O)NCc1ccc(C)cc1. The van der Waals surface area contributed by atoms with Crippen LogP contribution in [0.5, 0.6) is 11.5 Å². The van der Waals surface area contributed by atoms with Crippen LogP contribution in [-0.2, 0) is 20.9 Å². The van der Waals surface area contributed by atoms with Gasteiger partial charge in [0.05, 0.1) is 7.11 Å². The summed E-state index contributed by atoms with van der Waals surface area (Å²) in [6, 6.07) is 13.2. The van der Waals surface area contributed by atoms with Gasteiger partial charge in [0.1, 0.15) is 0 Å². The highest BCUT2D eigenvalue weighted by Gasteiger charge is 2.18. The first-order chi connectivity index (χ1) is 12.9. The minimum atomic E-state index is -0.911. The van der Waals surface area contributed by atoms with E-state index < -0.39 is 12.1 Å². The Morgan fingerprint density at radius 1 is 1.00 bits per heavy atom. The summed E-state index contributed by atoms with van der Waals surface area (Å²) in [6.07, 6.45) is -0.911. The zero-order valence-electron chi connectivity index (χ0n) is 16.1. The molecule has 0 bridgehead atoms. The molecule has 1 atom stereocenters. The standard InChI is InChI=1S/C21H25NO5/c1-14-5-8-17(9-6-14)12-22-21(24)16(3)27-20(23)13-26-18-10-7-15(2)11-19(18)25-4/h5-11,16H,12-13H2,1-4H3,(H,22,24). The molecule has 0 spiro atoms. The zero-order chi connectivity index (χ0) is 19.8. The van der Waals surface area contributed by atoms with Crippen LogP contribution in [0.4, 0.5) is 0 Å². The molecule has 1 N–H and O–H groups in total. The Kier molecular flexibility index (Phi) is 7.23. The summed E-state index contributed by atoms with van der Waals surface area (Å²) in [4.78, 5) is 24.0. The molecule has 1 amide bonds. The maximum Gasteiger partial charge on any atom is 0.344 e. The fourth-order valence-corrected chi connectivity index (χ4v) is 2.35. The van der Waals surface area contributed by atoms with E-state index in [1.54, 1.807) is 6.07 Å². The third-order valence-electron chi connectivity index (χ3n) is 3.93. The predicted octanol–water partition coefficient (Wildman–Crippen LogP) is 2.94. The molecule has 144 valence electrons. The molecule has 0 fully saturated rings. The van der Waals surface area contributed by atoms with E-state index in [1.165, 1.54) is 14.0 Å². The fraction of sp³-hybridized carbons (Fsp3) is 0.333. The summed E-state index contributed by atoms with van der Waals surface area (Å²) in [7, 11) is 1.53. The Hall–Kier alpha value is -3.02. The number of nitrogens with one attached hydrogen (secondary N) is 1. The lowest BCUT2D eigenvalue weighted by molar-refractivity contribution is -0.156. The number of carbonyl (C=O) groups is 2. The van der Waals surface area contributed by atoms with Gasteiger partial charge in [-0.05, 0) is 44.0 Å². The summed E-state index contributed by atoms with van der Waals surface area (Å²) in [5.41, 5.74) is 3.14. The van der Waals surface area contributed by atoms with E-state index in [9.17, 15) is 9.59 Å². The molecular weight excluding hydrogens is 346 g/mol. The first-order valence-corrected chi connectivity index (χ1v) is 8.69. The number of hydrogen-bond donors (Lipinski definition) is 1. The lowest BCUT2D eigenvalue weighted by Crippen LogP contribution is -2.36.